The predicted molar refractivity (Wildman–Crippen MR) is 150 cm³/mol. The second kappa shape index (κ2) is 12.3. The minimum Gasteiger partial charge on any atom is -0.347 e. The number of ether oxygens (including phenoxy) is 1. The molecule has 2 aromatic rings. The van der Waals surface area contributed by atoms with Crippen LogP contribution in [-0.4, -0.2) is 72.3 Å². The Morgan fingerprint density at radius 1 is 1.36 bits per heavy atom. The van der Waals surface area contributed by atoms with Gasteiger partial charge in [-0.15, -0.1) is 0 Å². The molecule has 2 aliphatic heterocycles. The number of nitrogens with one attached hydrogen (secondary N) is 1. The van der Waals surface area contributed by atoms with Gasteiger partial charge in [0.25, 0.3) is 14.4 Å². The van der Waals surface area contributed by atoms with Crippen LogP contribution in [0, 0.1) is 6.57 Å². The van der Waals surface area contributed by atoms with E-state index in [1.54, 1.807) is 30.3 Å². The molecule has 0 saturated carbocycles. The number of anilines is 1. The maximum Gasteiger partial charge on any atom is 0.351 e. The molecule has 1 aromatic carbocycles. The van der Waals surface area contributed by atoms with Gasteiger partial charge in [0.05, 0.1) is 5.75 Å². The molecule has 2 aliphatic rings. The molecule has 0 aliphatic carbocycles. The lowest BCUT2D eigenvalue weighted by atomic mass is 10.0. The number of carbonyl (C=O) groups excluding carboxylic acids is 1. The van der Waals surface area contributed by atoms with Crippen molar-refractivity contribution in [2.45, 2.75) is 69.9 Å². The van der Waals surface area contributed by atoms with Crippen molar-refractivity contribution < 1.29 is 24.2 Å². The van der Waals surface area contributed by atoms with Crippen LogP contribution in [0.15, 0.2) is 47.4 Å². The second-order valence-corrected chi connectivity index (χ2v) is 12.9. The maximum atomic E-state index is 13.3. The lowest BCUT2D eigenvalue weighted by Crippen LogP contribution is -2.41. The van der Waals surface area contributed by atoms with Crippen LogP contribution in [0.25, 0.3) is 4.85 Å². The molecule has 2 bridgehead atoms. The Hall–Kier alpha value is -2.52. The van der Waals surface area contributed by atoms with Gasteiger partial charge in [-0.3, -0.25) is 13.6 Å². The molecule has 3 heterocycles. The molecule has 0 spiro atoms. The van der Waals surface area contributed by atoms with Crippen molar-refractivity contribution >= 4 is 31.1 Å². The third-order valence-corrected chi connectivity index (χ3v) is 10.4. The molecule has 4 rings (SSSR count). The average Bonchev–Trinajstić information content (AvgIpc) is 3.36. The Labute approximate surface area is 233 Å². The summed E-state index contributed by atoms with van der Waals surface area (Å²) in [4.78, 5) is 32.9. The fraction of sp³-hybridized carbons (Fsp3) is 0.538. The van der Waals surface area contributed by atoms with E-state index in [0.717, 1.165) is 0 Å². The van der Waals surface area contributed by atoms with Crippen LogP contribution < -0.4 is 11.0 Å². The van der Waals surface area contributed by atoms with Gasteiger partial charge < -0.3 is 23.9 Å². The number of aromatic nitrogens is 2. The quantitative estimate of drug-likeness (QED) is 0.245. The highest BCUT2D eigenvalue weighted by atomic mass is 32.2. The summed E-state index contributed by atoms with van der Waals surface area (Å²) in [6.07, 6.45) is -0.314. The summed E-state index contributed by atoms with van der Waals surface area (Å²) < 4.78 is 43.8. The fourth-order valence-electron chi connectivity index (χ4n) is 4.76. The summed E-state index contributed by atoms with van der Waals surface area (Å²) >= 11 is 0. The second-order valence-electron chi connectivity index (χ2n) is 9.93. The highest BCUT2D eigenvalue weighted by Gasteiger charge is 2.64. The summed E-state index contributed by atoms with van der Waals surface area (Å²) in [6, 6.07) is 10.1. The Balaban J connectivity index is 1.60. The van der Waals surface area contributed by atoms with Crippen LogP contribution in [0.4, 0.5) is 5.82 Å². The Morgan fingerprint density at radius 3 is 2.69 bits per heavy atom. The van der Waals surface area contributed by atoms with Gasteiger partial charge in [0.15, 0.2) is 6.23 Å². The van der Waals surface area contributed by atoms with Gasteiger partial charge in [-0.25, -0.2) is 16.0 Å². The van der Waals surface area contributed by atoms with Crippen LogP contribution in [-0.2, 0) is 24.6 Å². The minimum absolute atomic E-state index is 0.0535. The summed E-state index contributed by atoms with van der Waals surface area (Å²) in [6.45, 7) is 15.3. The van der Waals surface area contributed by atoms with Crippen molar-refractivity contribution in [1.82, 2.24) is 14.2 Å². The molecular weight excluding hydrogens is 541 g/mol. The molecular formula is C26H34N5O6PS. The SMILES string of the molecule is [2H]C[C@@]12CS(=O)[C@@H]([C@H](n3ccc(NC(=O)c4ccccc4)nc3=O)O1)[C@@H]2OP(OCC[N+]#[C-])N(C(C)C)C(C)C. The zero-order valence-corrected chi connectivity index (χ0v) is 24.1. The molecule has 39 heavy (non-hydrogen) atoms. The number of rotatable bonds is 11. The van der Waals surface area contributed by atoms with E-state index in [-0.39, 0.29) is 43.7 Å². The van der Waals surface area contributed by atoms with Gasteiger partial charge in [0.1, 0.15) is 29.4 Å². The molecule has 2 unspecified atom stereocenters. The third kappa shape index (κ3) is 6.30. The van der Waals surface area contributed by atoms with Gasteiger partial charge >= 0.3 is 5.69 Å². The lowest BCUT2D eigenvalue weighted by Gasteiger charge is -2.38. The van der Waals surface area contributed by atoms with E-state index in [1.807, 2.05) is 27.7 Å². The first-order valence-corrected chi connectivity index (χ1v) is 15.1. The number of benzene rings is 1. The number of fused-ring (bicyclic) bond motifs is 2. The largest absolute Gasteiger partial charge is 0.351 e. The van der Waals surface area contributed by atoms with Gasteiger partial charge in [-0.05, 0) is 52.8 Å². The molecule has 1 aromatic heterocycles. The number of hydrogen-bond acceptors (Lipinski definition) is 8. The normalized spacial score (nSPS) is 27.1. The first-order valence-electron chi connectivity index (χ1n) is 13.3. The van der Waals surface area contributed by atoms with Gasteiger partial charge in [0, 0.05) is 36.0 Å². The standard InChI is InChI=1S/C26H34N5O6PS/c1-17(2)31(18(3)4)38(35-15-13-27-6)37-22-21-24(36-26(22,5)16-39(21)34)30-14-12-20(29-25(30)33)28-23(32)19-10-8-7-9-11-19/h7-12,14,17-18,21-22,24H,13,15-16H2,1-5H3,(H,28,29,32,33)/t21-,22+,24-,26+,38?,39?/m1/s1/i5D. The Bertz CT molecular complexity index is 1320. The third-order valence-electron chi connectivity index (χ3n) is 6.38. The summed E-state index contributed by atoms with van der Waals surface area (Å²) in [7, 11) is -3.14. The van der Waals surface area contributed by atoms with E-state index in [2.05, 4.69) is 19.8 Å². The number of carbonyl (C=O) groups is 1. The molecule has 210 valence electrons. The molecule has 1 amide bonds. The highest BCUT2D eigenvalue weighted by Crippen LogP contribution is 2.55. The number of nitrogens with zero attached hydrogens (tertiary/aromatic N) is 4. The van der Waals surface area contributed by atoms with Crippen molar-refractivity contribution in [3.8, 4) is 0 Å². The molecule has 0 radical (unpaired) electrons. The maximum absolute atomic E-state index is 13.3. The fourth-order valence-corrected chi connectivity index (χ4v) is 8.58. The van der Waals surface area contributed by atoms with Crippen LogP contribution >= 0.6 is 8.53 Å². The zero-order valence-electron chi connectivity index (χ0n) is 23.4. The van der Waals surface area contributed by atoms with E-state index in [1.165, 1.54) is 16.8 Å². The summed E-state index contributed by atoms with van der Waals surface area (Å²) in [5.41, 5.74) is -1.48. The smallest absolute Gasteiger partial charge is 0.347 e. The van der Waals surface area contributed by atoms with Crippen molar-refractivity contribution in [3.05, 3.63) is 70.1 Å². The summed E-state index contributed by atoms with van der Waals surface area (Å²) in [5, 5.41) is 1.87. The van der Waals surface area contributed by atoms with E-state index in [4.69, 9.17) is 21.7 Å². The predicted octanol–water partition coefficient (Wildman–Crippen LogP) is 3.58. The highest BCUT2D eigenvalue weighted by molar-refractivity contribution is 7.86. The van der Waals surface area contributed by atoms with Crippen LogP contribution in [0.2, 0.25) is 0 Å². The monoisotopic (exact) mass is 576 g/mol. The first kappa shape index (κ1) is 28.0. The minimum atomic E-state index is -1.69. The van der Waals surface area contributed by atoms with Crippen LogP contribution in [0.5, 0.6) is 0 Å². The topological polar surface area (TPSA) is 116 Å². The average molecular weight is 577 g/mol. The van der Waals surface area contributed by atoms with Gasteiger partial charge in [0.2, 0.25) is 6.54 Å². The Morgan fingerprint density at radius 2 is 2.08 bits per heavy atom. The van der Waals surface area contributed by atoms with E-state index in [0.29, 0.717) is 5.56 Å². The van der Waals surface area contributed by atoms with E-state index >= 15 is 0 Å². The van der Waals surface area contributed by atoms with Crippen molar-refractivity contribution in [2.75, 3.05) is 24.2 Å². The molecule has 13 heteroatoms. The van der Waals surface area contributed by atoms with E-state index < -0.39 is 54.1 Å². The first-order chi connectivity index (χ1) is 19.1. The van der Waals surface area contributed by atoms with Crippen LogP contribution in [0.1, 0.15) is 52.6 Å². The molecule has 11 nitrogen and oxygen atoms in total. The van der Waals surface area contributed by atoms with E-state index in [9.17, 15) is 13.8 Å². The van der Waals surface area contributed by atoms with Gasteiger partial charge in [-0.2, -0.15) is 4.98 Å². The van der Waals surface area contributed by atoms with Crippen molar-refractivity contribution in [3.63, 3.8) is 0 Å². The molecule has 2 fully saturated rings. The van der Waals surface area contributed by atoms with Gasteiger partial charge in [-0.1, -0.05) is 18.2 Å². The lowest BCUT2D eigenvalue weighted by molar-refractivity contribution is -0.0758. The molecule has 6 atom stereocenters. The number of hydrogen-bond donors (Lipinski definition) is 1. The molecule has 1 N–H and O–H groups in total. The van der Waals surface area contributed by atoms with Crippen LogP contribution in [0.3, 0.4) is 0 Å². The van der Waals surface area contributed by atoms with Crippen molar-refractivity contribution in [1.29, 1.82) is 0 Å². The van der Waals surface area contributed by atoms with Crippen molar-refractivity contribution in [2.24, 2.45) is 0 Å². The summed E-state index contributed by atoms with van der Waals surface area (Å²) in [5.74, 6) is -0.233. The zero-order chi connectivity index (χ0) is 29.0. The number of amides is 1. The molecule has 2 saturated heterocycles. The Kier molecular flexibility index (Phi) is 8.86.